The summed E-state index contributed by atoms with van der Waals surface area (Å²) in [4.78, 5) is 40.0. The second-order valence-corrected chi connectivity index (χ2v) is 9.81. The highest BCUT2D eigenvalue weighted by molar-refractivity contribution is 6.30. The Labute approximate surface area is 231 Å². The number of benzene rings is 2. The summed E-state index contributed by atoms with van der Waals surface area (Å²) in [5.74, 6) is -0.842. The van der Waals surface area contributed by atoms with Crippen molar-refractivity contribution in [2.24, 2.45) is 0 Å². The summed E-state index contributed by atoms with van der Waals surface area (Å²) in [6.07, 6.45) is 2.32. The van der Waals surface area contributed by atoms with Crippen molar-refractivity contribution in [2.45, 2.75) is 43.6 Å². The molecule has 0 bridgehead atoms. The van der Waals surface area contributed by atoms with Crippen molar-refractivity contribution < 1.29 is 34.1 Å². The van der Waals surface area contributed by atoms with Crippen LogP contribution < -0.4 is 14.8 Å². The van der Waals surface area contributed by atoms with Gasteiger partial charge in [0.25, 0.3) is 0 Å². The fraction of sp³-hybridized carbons (Fsp3) is 0.345. The number of allylic oxidation sites excluding steroid dienone is 1. The summed E-state index contributed by atoms with van der Waals surface area (Å²) in [7, 11) is 1.44. The molecule has 10 heteroatoms. The number of hydrogen-bond donors (Lipinski definition) is 3. The van der Waals surface area contributed by atoms with Gasteiger partial charge in [0.1, 0.15) is 18.5 Å². The SMILES string of the molecule is C=CCCC(=O)N(Cc1ccc(Cl)cc1)C1C=C(C(=O)NCCO)C2c3cc(C=O)cc(OC)c3OC2C1O. The Hall–Kier alpha value is -3.66. The quantitative estimate of drug-likeness (QED) is 0.288. The highest BCUT2D eigenvalue weighted by Gasteiger charge is 2.51. The lowest BCUT2D eigenvalue weighted by Gasteiger charge is -2.40. The number of ether oxygens (including phenoxy) is 2. The Morgan fingerprint density at radius 2 is 2.00 bits per heavy atom. The summed E-state index contributed by atoms with van der Waals surface area (Å²) < 4.78 is 11.6. The van der Waals surface area contributed by atoms with Gasteiger partial charge in [-0.25, -0.2) is 0 Å². The molecular weight excluding hydrogens is 524 g/mol. The lowest BCUT2D eigenvalue weighted by molar-refractivity contribution is -0.138. The molecule has 0 radical (unpaired) electrons. The normalized spacial score (nSPS) is 21.1. The van der Waals surface area contributed by atoms with Crippen molar-refractivity contribution >= 4 is 29.7 Å². The van der Waals surface area contributed by atoms with E-state index < -0.39 is 30.1 Å². The highest BCUT2D eigenvalue weighted by Crippen LogP contribution is 2.51. The second-order valence-electron chi connectivity index (χ2n) is 9.38. The Kier molecular flexibility index (Phi) is 9.06. The van der Waals surface area contributed by atoms with Crippen LogP contribution in [0.3, 0.4) is 0 Å². The van der Waals surface area contributed by atoms with Gasteiger partial charge < -0.3 is 29.9 Å². The number of hydrogen-bond acceptors (Lipinski definition) is 7. The molecular formula is C29H31ClN2O7. The Morgan fingerprint density at radius 1 is 1.26 bits per heavy atom. The van der Waals surface area contributed by atoms with E-state index in [1.807, 2.05) is 0 Å². The van der Waals surface area contributed by atoms with E-state index in [0.29, 0.717) is 40.4 Å². The topological polar surface area (TPSA) is 125 Å². The maximum absolute atomic E-state index is 13.4. The van der Waals surface area contributed by atoms with E-state index in [4.69, 9.17) is 21.1 Å². The first-order valence-electron chi connectivity index (χ1n) is 12.6. The van der Waals surface area contributed by atoms with Gasteiger partial charge in [0.05, 0.1) is 25.7 Å². The predicted molar refractivity (Wildman–Crippen MR) is 145 cm³/mol. The van der Waals surface area contributed by atoms with Gasteiger partial charge in [-0.05, 0) is 42.3 Å². The van der Waals surface area contributed by atoms with E-state index in [1.165, 1.54) is 18.1 Å². The first-order valence-corrected chi connectivity index (χ1v) is 13.0. The number of rotatable bonds is 11. The van der Waals surface area contributed by atoms with Crippen LogP contribution in [0, 0.1) is 0 Å². The lowest BCUT2D eigenvalue weighted by Crippen LogP contribution is -2.55. The maximum atomic E-state index is 13.4. The Balaban J connectivity index is 1.81. The first-order chi connectivity index (χ1) is 18.8. The standard InChI is InChI=1S/C29H31ClN2O7/c1-3-4-5-24(35)32(15-17-6-8-19(30)9-7-17)22-14-21(29(37)31-10-11-33)25-20-12-18(16-34)13-23(38-2)27(20)39-28(25)26(22)36/h3,6-9,12-14,16,22,25-26,28,33,36H,1,4-5,10-11,15H2,2H3,(H,31,37). The van der Waals surface area contributed by atoms with E-state index in [2.05, 4.69) is 11.9 Å². The summed E-state index contributed by atoms with van der Waals surface area (Å²) in [6, 6.07) is 9.23. The Morgan fingerprint density at radius 3 is 2.64 bits per heavy atom. The molecule has 1 heterocycles. The fourth-order valence-corrected chi connectivity index (χ4v) is 5.20. The van der Waals surface area contributed by atoms with Crippen LogP contribution in [0.2, 0.25) is 5.02 Å². The molecule has 2 aliphatic rings. The molecule has 2 aromatic carbocycles. The van der Waals surface area contributed by atoms with Crippen molar-refractivity contribution in [1.29, 1.82) is 0 Å². The van der Waals surface area contributed by atoms with Gasteiger partial charge in [0, 0.05) is 41.2 Å². The summed E-state index contributed by atoms with van der Waals surface area (Å²) >= 11 is 6.05. The molecule has 4 rings (SSSR count). The van der Waals surface area contributed by atoms with Crippen LogP contribution in [0.15, 0.2) is 60.7 Å². The van der Waals surface area contributed by atoms with Crippen LogP contribution in [0.25, 0.3) is 0 Å². The van der Waals surface area contributed by atoms with Gasteiger partial charge in [-0.15, -0.1) is 6.58 Å². The molecule has 0 saturated carbocycles. The molecule has 1 aliphatic carbocycles. The van der Waals surface area contributed by atoms with Crippen LogP contribution in [0.4, 0.5) is 0 Å². The third-order valence-electron chi connectivity index (χ3n) is 6.92. The molecule has 39 heavy (non-hydrogen) atoms. The van der Waals surface area contributed by atoms with E-state index >= 15 is 0 Å². The summed E-state index contributed by atoms with van der Waals surface area (Å²) in [5.41, 5.74) is 1.88. The minimum atomic E-state index is -1.22. The van der Waals surface area contributed by atoms with Crippen LogP contribution in [-0.4, -0.2) is 71.7 Å². The number of amides is 2. The molecule has 3 N–H and O–H groups in total. The van der Waals surface area contributed by atoms with Crippen LogP contribution in [0.1, 0.15) is 40.2 Å². The van der Waals surface area contributed by atoms with Gasteiger partial charge in [-0.1, -0.05) is 29.8 Å². The molecule has 4 atom stereocenters. The zero-order valence-electron chi connectivity index (χ0n) is 21.5. The number of halogens is 1. The summed E-state index contributed by atoms with van der Waals surface area (Å²) in [6.45, 7) is 3.60. The van der Waals surface area contributed by atoms with E-state index in [0.717, 1.165) is 5.56 Å². The molecule has 2 amide bonds. The number of aliphatic hydroxyl groups is 2. The van der Waals surface area contributed by atoms with Crippen molar-refractivity contribution in [3.63, 3.8) is 0 Å². The maximum Gasteiger partial charge on any atom is 0.247 e. The minimum absolute atomic E-state index is 0.0128. The zero-order chi connectivity index (χ0) is 28.1. The number of aldehydes is 1. The number of methoxy groups -OCH3 is 1. The third kappa shape index (κ3) is 5.85. The van der Waals surface area contributed by atoms with Crippen molar-refractivity contribution in [2.75, 3.05) is 20.3 Å². The van der Waals surface area contributed by atoms with Crippen LogP contribution in [-0.2, 0) is 16.1 Å². The lowest BCUT2D eigenvalue weighted by atomic mass is 9.77. The molecule has 2 aromatic rings. The number of fused-ring (bicyclic) bond motifs is 3. The van der Waals surface area contributed by atoms with Crippen LogP contribution in [0.5, 0.6) is 11.5 Å². The molecule has 0 fully saturated rings. The number of aliphatic hydroxyl groups excluding tert-OH is 2. The minimum Gasteiger partial charge on any atom is -0.493 e. The number of nitrogens with one attached hydrogen (secondary N) is 1. The predicted octanol–water partition coefficient (Wildman–Crippen LogP) is 2.78. The van der Waals surface area contributed by atoms with Gasteiger partial charge in [0.15, 0.2) is 11.5 Å². The second kappa shape index (κ2) is 12.5. The van der Waals surface area contributed by atoms with E-state index in [9.17, 15) is 24.6 Å². The summed E-state index contributed by atoms with van der Waals surface area (Å²) in [5, 5.41) is 24.2. The van der Waals surface area contributed by atoms with Gasteiger partial charge >= 0.3 is 0 Å². The van der Waals surface area contributed by atoms with E-state index in [-0.39, 0.29) is 37.6 Å². The van der Waals surface area contributed by atoms with Gasteiger partial charge in [0.2, 0.25) is 11.8 Å². The zero-order valence-corrected chi connectivity index (χ0v) is 22.3. The van der Waals surface area contributed by atoms with Crippen LogP contribution >= 0.6 is 11.6 Å². The van der Waals surface area contributed by atoms with Gasteiger partial charge in [-0.3, -0.25) is 14.4 Å². The first kappa shape index (κ1) is 28.4. The fourth-order valence-electron chi connectivity index (χ4n) is 5.07. The smallest absolute Gasteiger partial charge is 0.247 e. The van der Waals surface area contributed by atoms with E-state index in [1.54, 1.807) is 42.5 Å². The monoisotopic (exact) mass is 554 g/mol. The molecule has 0 spiro atoms. The Bertz CT molecular complexity index is 1280. The average molecular weight is 555 g/mol. The number of carbonyl (C=O) groups is 3. The molecule has 4 unspecified atom stereocenters. The molecule has 0 aromatic heterocycles. The number of nitrogens with zero attached hydrogens (tertiary/aromatic N) is 1. The molecule has 206 valence electrons. The highest BCUT2D eigenvalue weighted by atomic mass is 35.5. The average Bonchev–Trinajstić information content (AvgIpc) is 3.34. The van der Waals surface area contributed by atoms with Crippen molar-refractivity contribution in [3.05, 3.63) is 82.4 Å². The van der Waals surface area contributed by atoms with Crippen molar-refractivity contribution in [1.82, 2.24) is 10.2 Å². The number of carbonyl (C=O) groups excluding carboxylic acids is 3. The van der Waals surface area contributed by atoms with Gasteiger partial charge in [-0.2, -0.15) is 0 Å². The third-order valence-corrected chi connectivity index (χ3v) is 7.17. The van der Waals surface area contributed by atoms with Crippen molar-refractivity contribution in [3.8, 4) is 11.5 Å². The largest absolute Gasteiger partial charge is 0.493 e. The molecule has 1 aliphatic heterocycles. The molecule has 0 saturated heterocycles. The molecule has 9 nitrogen and oxygen atoms in total.